The number of hydrogen-bond donors (Lipinski definition) is 0. The van der Waals surface area contributed by atoms with E-state index in [1.807, 2.05) is 11.8 Å². The van der Waals surface area contributed by atoms with E-state index in [-0.39, 0.29) is 17.4 Å². The molecule has 1 unspecified atom stereocenters. The van der Waals surface area contributed by atoms with Gasteiger partial charge >= 0.3 is 0 Å². The zero-order valence-corrected chi connectivity index (χ0v) is 16.9. The number of methoxy groups -OCH3 is 1. The monoisotopic (exact) mass is 389 g/mol. The van der Waals surface area contributed by atoms with Gasteiger partial charge < -0.3 is 18.7 Å². The van der Waals surface area contributed by atoms with E-state index < -0.39 is 0 Å². The summed E-state index contributed by atoms with van der Waals surface area (Å²) in [6, 6.07) is 0.138. The Kier molecular flexibility index (Phi) is 4.96. The third-order valence-corrected chi connectivity index (χ3v) is 6.15. The Morgan fingerprint density at radius 3 is 2.64 bits per heavy atom. The van der Waals surface area contributed by atoms with Crippen molar-refractivity contribution in [2.45, 2.75) is 45.8 Å². The van der Waals surface area contributed by atoms with Crippen LogP contribution in [0.2, 0.25) is 0 Å². The fourth-order valence-corrected chi connectivity index (χ4v) is 4.64. The molecule has 0 aliphatic carbocycles. The first kappa shape index (κ1) is 19.1. The number of ether oxygens (including phenoxy) is 1. The van der Waals surface area contributed by atoms with Gasteiger partial charge in [-0.05, 0) is 45.6 Å². The Hall–Kier alpha value is -2.26. The molecule has 28 heavy (non-hydrogen) atoms. The van der Waals surface area contributed by atoms with Crippen molar-refractivity contribution < 1.29 is 18.6 Å². The highest BCUT2D eigenvalue weighted by Gasteiger charge is 2.46. The fourth-order valence-electron chi connectivity index (χ4n) is 4.64. The first-order valence-corrected chi connectivity index (χ1v) is 9.66. The molecule has 9 heteroatoms. The van der Waals surface area contributed by atoms with Gasteiger partial charge in [-0.15, -0.1) is 0 Å². The van der Waals surface area contributed by atoms with Crippen molar-refractivity contribution in [1.82, 2.24) is 25.1 Å². The van der Waals surface area contributed by atoms with Crippen molar-refractivity contribution in [2.24, 2.45) is 5.41 Å². The predicted octanol–water partition coefficient (Wildman–Crippen LogP) is 2.12. The summed E-state index contributed by atoms with van der Waals surface area (Å²) in [4.78, 5) is 21.6. The Morgan fingerprint density at radius 1 is 1.25 bits per heavy atom. The van der Waals surface area contributed by atoms with Crippen LogP contribution in [0.5, 0.6) is 0 Å². The number of piperidine rings is 1. The van der Waals surface area contributed by atoms with Gasteiger partial charge in [-0.2, -0.15) is 4.98 Å². The molecular formula is C19H27N5O4. The minimum atomic E-state index is 0.0244. The minimum Gasteiger partial charge on any atom is -0.375 e. The van der Waals surface area contributed by atoms with E-state index in [1.54, 1.807) is 14.0 Å². The fraction of sp³-hybridized carbons (Fsp3) is 0.684. The summed E-state index contributed by atoms with van der Waals surface area (Å²) in [5.41, 5.74) is 1.44. The van der Waals surface area contributed by atoms with Crippen LogP contribution in [0.4, 0.5) is 0 Å². The summed E-state index contributed by atoms with van der Waals surface area (Å²) in [6.45, 7) is 6.38. The number of aromatic nitrogens is 3. The van der Waals surface area contributed by atoms with Crippen LogP contribution in [-0.2, 0) is 11.3 Å². The summed E-state index contributed by atoms with van der Waals surface area (Å²) < 4.78 is 15.5. The van der Waals surface area contributed by atoms with Crippen molar-refractivity contribution in [3.63, 3.8) is 0 Å². The predicted molar refractivity (Wildman–Crippen MR) is 98.5 cm³/mol. The topological polar surface area (TPSA) is 97.7 Å². The van der Waals surface area contributed by atoms with Crippen molar-refractivity contribution in [1.29, 1.82) is 0 Å². The van der Waals surface area contributed by atoms with Gasteiger partial charge in [0.05, 0.1) is 11.7 Å². The molecule has 0 saturated carbocycles. The van der Waals surface area contributed by atoms with Gasteiger partial charge in [-0.25, -0.2) is 0 Å². The number of rotatable bonds is 4. The van der Waals surface area contributed by atoms with E-state index in [9.17, 15) is 4.79 Å². The van der Waals surface area contributed by atoms with Crippen LogP contribution in [-0.4, -0.2) is 64.8 Å². The second-order valence-electron chi connectivity index (χ2n) is 8.11. The van der Waals surface area contributed by atoms with Gasteiger partial charge in [0.25, 0.3) is 11.8 Å². The van der Waals surface area contributed by atoms with E-state index in [4.69, 9.17) is 13.8 Å². The van der Waals surface area contributed by atoms with E-state index in [0.717, 1.165) is 44.7 Å². The molecule has 2 fully saturated rings. The normalized spacial score (nSPS) is 22.3. The van der Waals surface area contributed by atoms with Crippen LogP contribution < -0.4 is 0 Å². The van der Waals surface area contributed by atoms with E-state index in [2.05, 4.69) is 27.2 Å². The van der Waals surface area contributed by atoms with Crippen LogP contribution in [0.25, 0.3) is 0 Å². The summed E-state index contributed by atoms with van der Waals surface area (Å²) in [5, 5.41) is 8.06. The third kappa shape index (κ3) is 3.33. The third-order valence-electron chi connectivity index (χ3n) is 6.15. The maximum Gasteiger partial charge on any atom is 0.259 e. The van der Waals surface area contributed by atoms with Gasteiger partial charge in [0.1, 0.15) is 17.9 Å². The van der Waals surface area contributed by atoms with Gasteiger partial charge in [0.15, 0.2) is 5.82 Å². The zero-order valence-electron chi connectivity index (χ0n) is 16.9. The molecule has 2 saturated heterocycles. The lowest BCUT2D eigenvalue weighted by molar-refractivity contribution is 0.0591. The van der Waals surface area contributed by atoms with E-state index >= 15 is 0 Å². The molecule has 0 radical (unpaired) electrons. The molecule has 9 nitrogen and oxygen atoms in total. The Balaban J connectivity index is 1.42. The molecule has 0 bridgehead atoms. The average Bonchev–Trinajstić information content (AvgIpc) is 3.34. The van der Waals surface area contributed by atoms with Crippen molar-refractivity contribution in [2.75, 3.05) is 33.8 Å². The highest BCUT2D eigenvalue weighted by atomic mass is 16.5. The number of amides is 1. The highest BCUT2D eigenvalue weighted by molar-refractivity contribution is 5.96. The van der Waals surface area contributed by atoms with Crippen LogP contribution >= 0.6 is 0 Å². The summed E-state index contributed by atoms with van der Waals surface area (Å²) >= 11 is 0. The number of carbonyl (C=O) groups is 1. The largest absolute Gasteiger partial charge is 0.375 e. The van der Waals surface area contributed by atoms with Crippen molar-refractivity contribution in [3.8, 4) is 0 Å². The molecule has 4 rings (SSSR count). The summed E-state index contributed by atoms with van der Waals surface area (Å²) in [6.07, 6.45) is 2.90. The molecular weight excluding hydrogens is 362 g/mol. The number of hydrogen-bond acceptors (Lipinski definition) is 8. The molecule has 1 spiro atoms. The maximum atomic E-state index is 12.9. The maximum absolute atomic E-state index is 12.9. The molecule has 2 aromatic heterocycles. The van der Waals surface area contributed by atoms with Crippen LogP contribution in [0.1, 0.15) is 58.8 Å². The summed E-state index contributed by atoms with van der Waals surface area (Å²) in [7, 11) is 3.71. The van der Waals surface area contributed by atoms with Gasteiger partial charge in [-0.3, -0.25) is 9.69 Å². The number of aryl methyl sites for hydroxylation is 2. The lowest BCUT2D eigenvalue weighted by atomic mass is 9.76. The minimum absolute atomic E-state index is 0.0244. The molecule has 1 amide bonds. The van der Waals surface area contributed by atoms with Crippen LogP contribution in [0, 0.1) is 19.3 Å². The van der Waals surface area contributed by atoms with Crippen LogP contribution in [0.15, 0.2) is 9.05 Å². The zero-order chi connectivity index (χ0) is 19.9. The van der Waals surface area contributed by atoms with Gasteiger partial charge in [-0.1, -0.05) is 10.3 Å². The smallest absolute Gasteiger partial charge is 0.259 e. The molecule has 2 aliphatic rings. The van der Waals surface area contributed by atoms with Crippen LogP contribution in [0.3, 0.4) is 0 Å². The molecule has 2 aromatic rings. The number of likely N-dealkylation sites (tertiary alicyclic amines) is 2. The number of carbonyl (C=O) groups excluding carboxylic acids is 1. The summed E-state index contributed by atoms with van der Waals surface area (Å²) in [5.74, 6) is 1.84. The van der Waals surface area contributed by atoms with Gasteiger partial charge in [0, 0.05) is 26.7 Å². The quantitative estimate of drug-likeness (QED) is 0.784. The molecule has 1 atom stereocenters. The highest BCUT2D eigenvalue weighted by Crippen LogP contribution is 2.47. The Bertz CT molecular complexity index is 833. The Morgan fingerprint density at radius 2 is 2.00 bits per heavy atom. The van der Waals surface area contributed by atoms with E-state index in [1.165, 1.54) is 0 Å². The molecule has 152 valence electrons. The first-order chi connectivity index (χ1) is 13.4. The standard InChI is InChI=1S/C19H27N5O4/c1-12-16(13(2)27-21-12)18(25)24-7-5-19(6-8-24)9-14(23(3)11-19)17-20-15(10-26-4)28-22-17/h14H,5-11H2,1-4H3. The van der Waals surface area contributed by atoms with E-state index in [0.29, 0.717) is 29.5 Å². The SMILES string of the molecule is COCc1nc(C2CC3(CCN(C(=O)c4c(C)noc4C)CC3)CN2C)no1. The second-order valence-corrected chi connectivity index (χ2v) is 8.11. The average molecular weight is 389 g/mol. The Labute approximate surface area is 164 Å². The van der Waals surface area contributed by atoms with Gasteiger partial charge in [0.2, 0.25) is 0 Å². The molecule has 0 N–H and O–H groups in total. The lowest BCUT2D eigenvalue weighted by Crippen LogP contribution is -2.44. The number of nitrogens with zero attached hydrogens (tertiary/aromatic N) is 5. The molecule has 4 heterocycles. The van der Waals surface area contributed by atoms with Crippen molar-refractivity contribution in [3.05, 3.63) is 28.7 Å². The van der Waals surface area contributed by atoms with Crippen molar-refractivity contribution >= 4 is 5.91 Å². The lowest BCUT2D eigenvalue weighted by Gasteiger charge is -2.39. The molecule has 2 aliphatic heterocycles. The molecule has 0 aromatic carbocycles. The first-order valence-electron chi connectivity index (χ1n) is 9.66. The second kappa shape index (κ2) is 7.29.